The molecule has 0 amide bonds. The highest BCUT2D eigenvalue weighted by Gasteiger charge is 2.04. The number of hydrogen-bond acceptors (Lipinski definition) is 5. The molecule has 0 atom stereocenters. The van der Waals surface area contributed by atoms with Crippen molar-refractivity contribution in [2.24, 2.45) is 0 Å². The molecule has 0 aliphatic heterocycles. The van der Waals surface area contributed by atoms with Gasteiger partial charge in [0.05, 0.1) is 12.3 Å². The van der Waals surface area contributed by atoms with Crippen LogP contribution in [0.5, 0.6) is 5.88 Å². The monoisotopic (exact) mass is 264 g/mol. The van der Waals surface area contributed by atoms with Crippen LogP contribution in [0.25, 0.3) is 0 Å². The molecular weight excluding hydrogens is 248 g/mol. The van der Waals surface area contributed by atoms with Gasteiger partial charge < -0.3 is 14.8 Å². The average Bonchev–Trinajstić information content (AvgIpc) is 2.91. The molecule has 0 aliphatic rings. The highest BCUT2D eigenvalue weighted by molar-refractivity contribution is 7.07. The van der Waals surface area contributed by atoms with E-state index in [0.717, 1.165) is 12.2 Å². The molecule has 1 N–H and O–H groups in total. The fraction of sp³-hybridized carbons (Fsp3) is 0.308. The van der Waals surface area contributed by atoms with Crippen molar-refractivity contribution in [3.05, 3.63) is 40.7 Å². The fourth-order valence-corrected chi connectivity index (χ4v) is 2.12. The second kappa shape index (κ2) is 6.98. The Bertz CT molecular complexity index is 460. The van der Waals surface area contributed by atoms with Crippen LogP contribution in [-0.2, 0) is 11.3 Å². The summed E-state index contributed by atoms with van der Waals surface area (Å²) >= 11 is 1.69. The first-order valence-corrected chi connectivity index (χ1v) is 6.66. The van der Waals surface area contributed by atoms with Crippen LogP contribution in [0.15, 0.2) is 35.2 Å². The molecule has 0 fully saturated rings. The third-order valence-corrected chi connectivity index (χ3v) is 3.09. The molecule has 0 saturated heterocycles. The molecule has 4 nitrogen and oxygen atoms in total. The maximum atomic E-state index is 5.55. The molecule has 2 aromatic heterocycles. The first-order valence-electron chi connectivity index (χ1n) is 5.72. The molecule has 0 aromatic carbocycles. The molecule has 0 unspecified atom stereocenters. The summed E-state index contributed by atoms with van der Waals surface area (Å²) in [6.45, 7) is 1.83. The van der Waals surface area contributed by atoms with E-state index in [9.17, 15) is 0 Å². The number of rotatable bonds is 7. The molecule has 2 rings (SSSR count). The SMILES string of the molecule is COCCOc1ncccc1NCc1ccsc1. The Labute approximate surface area is 111 Å². The van der Waals surface area contributed by atoms with Crippen LogP contribution < -0.4 is 10.1 Å². The summed E-state index contributed by atoms with van der Waals surface area (Å²) in [5.74, 6) is 0.616. The van der Waals surface area contributed by atoms with Gasteiger partial charge >= 0.3 is 0 Å². The number of methoxy groups -OCH3 is 1. The van der Waals surface area contributed by atoms with Crippen LogP contribution in [-0.4, -0.2) is 25.3 Å². The van der Waals surface area contributed by atoms with Gasteiger partial charge in [0.25, 0.3) is 0 Å². The van der Waals surface area contributed by atoms with Gasteiger partial charge in [-0.1, -0.05) is 0 Å². The van der Waals surface area contributed by atoms with Gasteiger partial charge in [-0.25, -0.2) is 4.98 Å². The van der Waals surface area contributed by atoms with E-state index in [1.165, 1.54) is 5.56 Å². The number of nitrogens with one attached hydrogen (secondary N) is 1. The molecule has 0 saturated carbocycles. The van der Waals surface area contributed by atoms with E-state index in [-0.39, 0.29) is 0 Å². The number of nitrogens with zero attached hydrogens (tertiary/aromatic N) is 1. The van der Waals surface area contributed by atoms with Crippen LogP contribution in [0.2, 0.25) is 0 Å². The summed E-state index contributed by atoms with van der Waals surface area (Å²) in [5, 5.41) is 7.51. The molecule has 18 heavy (non-hydrogen) atoms. The molecule has 0 radical (unpaired) electrons. The number of thiophene rings is 1. The van der Waals surface area contributed by atoms with E-state index in [0.29, 0.717) is 19.1 Å². The zero-order valence-corrected chi connectivity index (χ0v) is 11.1. The average molecular weight is 264 g/mol. The Hall–Kier alpha value is -1.59. The summed E-state index contributed by atoms with van der Waals surface area (Å²) in [7, 11) is 1.65. The normalized spacial score (nSPS) is 10.3. The maximum Gasteiger partial charge on any atom is 0.237 e. The molecule has 96 valence electrons. The van der Waals surface area contributed by atoms with Crippen molar-refractivity contribution in [1.29, 1.82) is 0 Å². The molecule has 0 aliphatic carbocycles. The lowest BCUT2D eigenvalue weighted by Gasteiger charge is -2.11. The number of aromatic nitrogens is 1. The van der Waals surface area contributed by atoms with Gasteiger partial charge in [-0.2, -0.15) is 11.3 Å². The summed E-state index contributed by atoms with van der Waals surface area (Å²) in [4.78, 5) is 4.21. The van der Waals surface area contributed by atoms with Crippen molar-refractivity contribution >= 4 is 17.0 Å². The summed E-state index contributed by atoms with van der Waals surface area (Å²) < 4.78 is 10.5. The van der Waals surface area contributed by atoms with Crippen LogP contribution in [0, 0.1) is 0 Å². The molecule has 2 aromatic rings. The van der Waals surface area contributed by atoms with E-state index in [4.69, 9.17) is 9.47 Å². The number of anilines is 1. The van der Waals surface area contributed by atoms with Gasteiger partial charge in [-0.05, 0) is 34.5 Å². The second-order valence-electron chi connectivity index (χ2n) is 3.68. The van der Waals surface area contributed by atoms with Crippen molar-refractivity contribution in [2.45, 2.75) is 6.54 Å². The lowest BCUT2D eigenvalue weighted by molar-refractivity contribution is 0.144. The van der Waals surface area contributed by atoms with Crippen LogP contribution >= 0.6 is 11.3 Å². The zero-order valence-electron chi connectivity index (χ0n) is 10.3. The minimum absolute atomic E-state index is 0.501. The predicted molar refractivity (Wildman–Crippen MR) is 73.3 cm³/mol. The van der Waals surface area contributed by atoms with Crippen molar-refractivity contribution in [1.82, 2.24) is 4.98 Å². The van der Waals surface area contributed by atoms with Crippen molar-refractivity contribution in [3.8, 4) is 5.88 Å². The van der Waals surface area contributed by atoms with Gasteiger partial charge in [0, 0.05) is 19.9 Å². The highest BCUT2D eigenvalue weighted by Crippen LogP contribution is 2.21. The van der Waals surface area contributed by atoms with Crippen molar-refractivity contribution in [3.63, 3.8) is 0 Å². The van der Waals surface area contributed by atoms with Crippen molar-refractivity contribution in [2.75, 3.05) is 25.6 Å². The first-order chi connectivity index (χ1) is 8.90. The Balaban J connectivity index is 1.94. The lowest BCUT2D eigenvalue weighted by atomic mass is 10.3. The van der Waals surface area contributed by atoms with E-state index >= 15 is 0 Å². The minimum atomic E-state index is 0.501. The standard InChI is InChI=1S/C13H16N2O2S/c1-16-6-7-17-13-12(3-2-5-14-13)15-9-11-4-8-18-10-11/h2-5,8,10,15H,6-7,9H2,1H3. The molecule has 0 spiro atoms. The number of hydrogen-bond donors (Lipinski definition) is 1. The first kappa shape index (κ1) is 12.9. The third-order valence-electron chi connectivity index (χ3n) is 2.36. The quantitative estimate of drug-likeness (QED) is 0.781. The Morgan fingerprint density at radius 3 is 3.06 bits per heavy atom. The number of pyridine rings is 1. The fourth-order valence-electron chi connectivity index (χ4n) is 1.45. The summed E-state index contributed by atoms with van der Waals surface area (Å²) in [6, 6.07) is 5.94. The molecule has 0 bridgehead atoms. The van der Waals surface area contributed by atoms with Crippen LogP contribution in [0.1, 0.15) is 5.56 Å². The van der Waals surface area contributed by atoms with E-state index in [2.05, 4.69) is 27.1 Å². The Kier molecular flexibility index (Phi) is 4.99. The van der Waals surface area contributed by atoms with Gasteiger partial charge in [0.1, 0.15) is 6.61 Å². The van der Waals surface area contributed by atoms with Gasteiger partial charge in [0.2, 0.25) is 5.88 Å². The zero-order chi connectivity index (χ0) is 12.6. The van der Waals surface area contributed by atoms with E-state index in [1.54, 1.807) is 24.6 Å². The smallest absolute Gasteiger partial charge is 0.237 e. The van der Waals surface area contributed by atoms with Crippen LogP contribution in [0.4, 0.5) is 5.69 Å². The largest absolute Gasteiger partial charge is 0.474 e. The van der Waals surface area contributed by atoms with Gasteiger partial charge in [0.15, 0.2) is 0 Å². The predicted octanol–water partition coefficient (Wildman–Crippen LogP) is 2.78. The topological polar surface area (TPSA) is 43.4 Å². The highest BCUT2D eigenvalue weighted by atomic mass is 32.1. The summed E-state index contributed by atoms with van der Waals surface area (Å²) in [5.41, 5.74) is 2.16. The third kappa shape index (κ3) is 3.72. The molecular formula is C13H16N2O2S. The van der Waals surface area contributed by atoms with Crippen molar-refractivity contribution < 1.29 is 9.47 Å². The van der Waals surface area contributed by atoms with E-state index in [1.807, 2.05) is 12.1 Å². The van der Waals surface area contributed by atoms with Gasteiger partial charge in [-0.3, -0.25) is 0 Å². The Morgan fingerprint density at radius 1 is 1.33 bits per heavy atom. The lowest BCUT2D eigenvalue weighted by Crippen LogP contribution is -2.08. The molecule has 2 heterocycles. The van der Waals surface area contributed by atoms with Crippen LogP contribution in [0.3, 0.4) is 0 Å². The van der Waals surface area contributed by atoms with Gasteiger partial charge in [-0.15, -0.1) is 0 Å². The summed E-state index contributed by atoms with van der Waals surface area (Å²) in [6.07, 6.45) is 1.72. The molecule has 5 heteroatoms. The maximum absolute atomic E-state index is 5.55. The minimum Gasteiger partial charge on any atom is -0.474 e. The Morgan fingerprint density at radius 2 is 2.28 bits per heavy atom. The van der Waals surface area contributed by atoms with E-state index < -0.39 is 0 Å². The number of ether oxygens (including phenoxy) is 2. The second-order valence-corrected chi connectivity index (χ2v) is 4.46.